The molecule has 5 nitrogen and oxygen atoms in total. The van der Waals surface area contributed by atoms with Gasteiger partial charge < -0.3 is 5.73 Å². The van der Waals surface area contributed by atoms with Crippen molar-refractivity contribution >= 4 is 33.2 Å². The lowest BCUT2D eigenvalue weighted by Crippen LogP contribution is -2.14. The Morgan fingerprint density at radius 1 is 1.14 bits per heavy atom. The van der Waals surface area contributed by atoms with Crippen molar-refractivity contribution in [2.45, 2.75) is 11.8 Å². The van der Waals surface area contributed by atoms with Crippen molar-refractivity contribution in [3.63, 3.8) is 0 Å². The number of halogens is 1. The molecule has 0 bridgehead atoms. The Labute approximate surface area is 127 Å². The number of nitrogens with one attached hydrogen (secondary N) is 1. The molecule has 0 atom stereocenters. The van der Waals surface area contributed by atoms with E-state index in [4.69, 9.17) is 17.3 Å². The van der Waals surface area contributed by atoms with Crippen LogP contribution in [0.2, 0.25) is 5.02 Å². The van der Waals surface area contributed by atoms with Gasteiger partial charge in [-0.05, 0) is 37.3 Å². The zero-order valence-electron chi connectivity index (χ0n) is 11.1. The van der Waals surface area contributed by atoms with Crippen LogP contribution in [-0.4, -0.2) is 14.3 Å². The van der Waals surface area contributed by atoms with Crippen molar-refractivity contribution in [2.24, 2.45) is 5.73 Å². The molecule has 2 aromatic carbocycles. The fourth-order valence-corrected chi connectivity index (χ4v) is 3.04. The van der Waals surface area contributed by atoms with Gasteiger partial charge in [0, 0.05) is 5.56 Å². The van der Waals surface area contributed by atoms with Gasteiger partial charge in [-0.3, -0.25) is 9.52 Å². The Morgan fingerprint density at radius 3 is 2.29 bits per heavy atom. The van der Waals surface area contributed by atoms with E-state index in [1.165, 1.54) is 30.3 Å². The lowest BCUT2D eigenvalue weighted by Gasteiger charge is -2.10. The molecule has 0 heterocycles. The minimum absolute atomic E-state index is 0.0991. The van der Waals surface area contributed by atoms with Crippen LogP contribution in [0.3, 0.4) is 0 Å². The average Bonchev–Trinajstić information content (AvgIpc) is 2.41. The van der Waals surface area contributed by atoms with Gasteiger partial charge in [-0.2, -0.15) is 0 Å². The van der Waals surface area contributed by atoms with Gasteiger partial charge in [0.15, 0.2) is 0 Å². The van der Waals surface area contributed by atoms with E-state index in [0.717, 1.165) is 5.56 Å². The van der Waals surface area contributed by atoms with Gasteiger partial charge in [-0.1, -0.05) is 29.3 Å². The van der Waals surface area contributed by atoms with Gasteiger partial charge in [0.05, 0.1) is 15.6 Å². The predicted octanol–water partition coefficient (Wildman–Crippen LogP) is 2.55. The summed E-state index contributed by atoms with van der Waals surface area (Å²) in [6, 6.07) is 10.5. The summed E-state index contributed by atoms with van der Waals surface area (Å²) in [4.78, 5) is 11.2. The molecule has 21 heavy (non-hydrogen) atoms. The molecule has 0 aliphatic carbocycles. The molecule has 1 amide bonds. The van der Waals surface area contributed by atoms with Crippen LogP contribution in [0.1, 0.15) is 15.9 Å². The van der Waals surface area contributed by atoms with Crippen LogP contribution in [0.4, 0.5) is 5.69 Å². The molecule has 0 fully saturated rings. The molecule has 110 valence electrons. The number of hydrogen-bond acceptors (Lipinski definition) is 3. The molecule has 3 N–H and O–H groups in total. The zero-order chi connectivity index (χ0) is 15.6. The first kappa shape index (κ1) is 15.3. The minimum atomic E-state index is -3.74. The van der Waals surface area contributed by atoms with Crippen LogP contribution in [0.25, 0.3) is 0 Å². The highest BCUT2D eigenvalue weighted by atomic mass is 35.5. The van der Waals surface area contributed by atoms with Crippen LogP contribution >= 0.6 is 11.6 Å². The minimum Gasteiger partial charge on any atom is -0.366 e. The molecule has 0 aromatic heterocycles. The number of benzene rings is 2. The first-order chi connectivity index (χ1) is 9.79. The van der Waals surface area contributed by atoms with Crippen LogP contribution in [0, 0.1) is 6.92 Å². The second-order valence-corrected chi connectivity index (χ2v) is 6.57. The first-order valence-corrected chi connectivity index (χ1v) is 7.84. The number of hydrogen-bond donors (Lipinski definition) is 2. The van der Waals surface area contributed by atoms with E-state index in [9.17, 15) is 13.2 Å². The summed E-state index contributed by atoms with van der Waals surface area (Å²) in [5, 5.41) is 0.0991. The highest BCUT2D eigenvalue weighted by Gasteiger charge is 2.16. The fourth-order valence-electron chi connectivity index (χ4n) is 1.67. The van der Waals surface area contributed by atoms with E-state index in [0.29, 0.717) is 0 Å². The molecule has 0 spiro atoms. The van der Waals surface area contributed by atoms with Crippen molar-refractivity contribution in [3.8, 4) is 0 Å². The normalized spacial score (nSPS) is 11.1. The van der Waals surface area contributed by atoms with Crippen LogP contribution in [0.15, 0.2) is 47.4 Å². The third kappa shape index (κ3) is 3.53. The summed E-state index contributed by atoms with van der Waals surface area (Å²) in [5.74, 6) is -0.634. The molecule has 7 heteroatoms. The van der Waals surface area contributed by atoms with Crippen molar-refractivity contribution in [1.82, 2.24) is 0 Å². The molecule has 0 aliphatic rings. The number of amides is 1. The zero-order valence-corrected chi connectivity index (χ0v) is 12.7. The lowest BCUT2D eigenvalue weighted by atomic mass is 10.2. The average molecular weight is 325 g/mol. The lowest BCUT2D eigenvalue weighted by molar-refractivity contribution is 0.100. The van der Waals surface area contributed by atoms with Gasteiger partial charge >= 0.3 is 0 Å². The SMILES string of the molecule is Cc1ccc(S(=O)(=O)Nc2ccc(C(N)=O)cc2Cl)cc1. The van der Waals surface area contributed by atoms with E-state index in [1.807, 2.05) is 6.92 Å². The van der Waals surface area contributed by atoms with Crippen molar-refractivity contribution in [1.29, 1.82) is 0 Å². The molecule has 0 unspecified atom stereocenters. The van der Waals surface area contributed by atoms with E-state index in [1.54, 1.807) is 12.1 Å². The smallest absolute Gasteiger partial charge is 0.261 e. The van der Waals surface area contributed by atoms with Crippen LogP contribution < -0.4 is 10.5 Å². The Balaban J connectivity index is 2.32. The summed E-state index contributed by atoms with van der Waals surface area (Å²) in [5.41, 5.74) is 6.47. The second-order valence-electron chi connectivity index (χ2n) is 4.48. The molecular formula is C14H13ClN2O3S. The van der Waals surface area contributed by atoms with Crippen molar-refractivity contribution in [3.05, 3.63) is 58.6 Å². The van der Waals surface area contributed by atoms with Gasteiger partial charge in [-0.15, -0.1) is 0 Å². The highest BCUT2D eigenvalue weighted by molar-refractivity contribution is 7.92. The Hall–Kier alpha value is -2.05. The number of nitrogens with two attached hydrogens (primary N) is 1. The third-order valence-electron chi connectivity index (χ3n) is 2.83. The topological polar surface area (TPSA) is 89.3 Å². The maximum absolute atomic E-state index is 12.2. The molecule has 2 rings (SSSR count). The van der Waals surface area contributed by atoms with Gasteiger partial charge in [-0.25, -0.2) is 8.42 Å². The predicted molar refractivity (Wildman–Crippen MR) is 82.0 cm³/mol. The van der Waals surface area contributed by atoms with Crippen molar-refractivity contribution < 1.29 is 13.2 Å². The number of carbonyl (C=O) groups is 1. The monoisotopic (exact) mass is 324 g/mol. The van der Waals surface area contributed by atoms with E-state index >= 15 is 0 Å². The molecule has 0 radical (unpaired) electrons. The maximum atomic E-state index is 12.2. The quantitative estimate of drug-likeness (QED) is 0.905. The summed E-state index contributed by atoms with van der Waals surface area (Å²) in [6.45, 7) is 1.86. The molecule has 2 aromatic rings. The number of primary amides is 1. The number of aryl methyl sites for hydroxylation is 1. The Bertz CT molecular complexity index is 786. The number of sulfonamides is 1. The second kappa shape index (κ2) is 5.75. The standard InChI is InChI=1S/C14H13ClN2O3S/c1-9-2-5-11(6-3-9)21(19,20)17-13-7-4-10(14(16)18)8-12(13)15/h2-8,17H,1H3,(H2,16,18). The van der Waals surface area contributed by atoms with Gasteiger partial charge in [0.25, 0.3) is 10.0 Å². The molecule has 0 saturated carbocycles. The van der Waals surface area contributed by atoms with E-state index in [2.05, 4.69) is 4.72 Å². The Morgan fingerprint density at radius 2 is 1.76 bits per heavy atom. The summed E-state index contributed by atoms with van der Waals surface area (Å²) in [6.07, 6.45) is 0. The first-order valence-electron chi connectivity index (χ1n) is 5.98. The van der Waals surface area contributed by atoms with E-state index in [-0.39, 0.29) is 21.2 Å². The molecule has 0 saturated heterocycles. The maximum Gasteiger partial charge on any atom is 0.261 e. The Kier molecular flexibility index (Phi) is 4.20. The van der Waals surface area contributed by atoms with Crippen molar-refractivity contribution in [2.75, 3.05) is 4.72 Å². The van der Waals surface area contributed by atoms with Gasteiger partial charge in [0.1, 0.15) is 0 Å². The van der Waals surface area contributed by atoms with E-state index < -0.39 is 15.9 Å². The largest absolute Gasteiger partial charge is 0.366 e. The summed E-state index contributed by atoms with van der Waals surface area (Å²) in [7, 11) is -3.74. The number of carbonyl (C=O) groups excluding carboxylic acids is 1. The molecule has 0 aliphatic heterocycles. The van der Waals surface area contributed by atoms with Crippen LogP contribution in [-0.2, 0) is 10.0 Å². The summed E-state index contributed by atoms with van der Waals surface area (Å²) >= 11 is 5.96. The van der Waals surface area contributed by atoms with Gasteiger partial charge in [0.2, 0.25) is 5.91 Å². The van der Waals surface area contributed by atoms with Crippen LogP contribution in [0.5, 0.6) is 0 Å². The molecular weight excluding hydrogens is 312 g/mol. The fraction of sp³-hybridized carbons (Fsp3) is 0.0714. The third-order valence-corrected chi connectivity index (χ3v) is 4.52. The number of anilines is 1. The highest BCUT2D eigenvalue weighted by Crippen LogP contribution is 2.25. The number of rotatable bonds is 4. The summed E-state index contributed by atoms with van der Waals surface area (Å²) < 4.78 is 26.8.